The number of hydrogen-bond donors (Lipinski definition) is 0. The molecular weight excluding hydrogens is 291 g/mol. The molecule has 2 aromatic rings. The number of carbonyl (C=O) groups excluding carboxylic acids is 1. The Kier molecular flexibility index (Phi) is 5.34. The highest BCUT2D eigenvalue weighted by Crippen LogP contribution is 2.21. The Morgan fingerprint density at radius 3 is 2.57 bits per heavy atom. The van der Waals surface area contributed by atoms with Crippen molar-refractivity contribution >= 4 is 17.4 Å². The molecule has 0 aliphatic rings. The van der Waals surface area contributed by atoms with E-state index in [4.69, 9.17) is 16.3 Å². The van der Waals surface area contributed by atoms with E-state index in [-0.39, 0.29) is 11.6 Å². The number of benzene rings is 2. The van der Waals surface area contributed by atoms with Gasteiger partial charge in [0.25, 0.3) is 0 Å². The van der Waals surface area contributed by atoms with E-state index >= 15 is 0 Å². The van der Waals surface area contributed by atoms with Crippen LogP contribution in [0.4, 0.5) is 4.39 Å². The van der Waals surface area contributed by atoms with Crippen LogP contribution in [0.15, 0.2) is 42.5 Å². The standard InChI is InChI=1S/C17H16ClFO2/c1-12-11-15(8-9-16(12)18)21-10-2-3-17(20)13-4-6-14(19)7-5-13/h4-9,11H,2-3,10H2,1H3. The third kappa shape index (κ3) is 4.57. The molecule has 0 saturated heterocycles. The highest BCUT2D eigenvalue weighted by molar-refractivity contribution is 6.31. The van der Waals surface area contributed by atoms with Gasteiger partial charge in [-0.15, -0.1) is 0 Å². The van der Waals surface area contributed by atoms with E-state index in [0.29, 0.717) is 30.0 Å². The van der Waals surface area contributed by atoms with E-state index < -0.39 is 0 Å². The lowest BCUT2D eigenvalue weighted by atomic mass is 10.1. The highest BCUT2D eigenvalue weighted by atomic mass is 35.5. The van der Waals surface area contributed by atoms with Crippen LogP contribution in [0.2, 0.25) is 5.02 Å². The Morgan fingerprint density at radius 2 is 1.90 bits per heavy atom. The first-order valence-electron chi connectivity index (χ1n) is 6.74. The quantitative estimate of drug-likeness (QED) is 0.564. The molecule has 0 aromatic heterocycles. The molecule has 0 unspecified atom stereocenters. The number of rotatable bonds is 6. The van der Waals surface area contributed by atoms with Gasteiger partial charge < -0.3 is 4.74 Å². The summed E-state index contributed by atoms with van der Waals surface area (Å²) in [6, 6.07) is 11.0. The normalized spacial score (nSPS) is 10.4. The Hall–Kier alpha value is -1.87. The number of carbonyl (C=O) groups is 1. The first-order chi connectivity index (χ1) is 10.1. The number of ether oxygens (including phenoxy) is 1. The summed E-state index contributed by atoms with van der Waals surface area (Å²) in [4.78, 5) is 11.9. The van der Waals surface area contributed by atoms with Gasteiger partial charge in [-0.05, 0) is 61.4 Å². The van der Waals surface area contributed by atoms with Crippen LogP contribution in [-0.2, 0) is 0 Å². The van der Waals surface area contributed by atoms with Crippen molar-refractivity contribution in [2.24, 2.45) is 0 Å². The van der Waals surface area contributed by atoms with Gasteiger partial charge in [0, 0.05) is 17.0 Å². The number of hydrogen-bond acceptors (Lipinski definition) is 2. The van der Waals surface area contributed by atoms with Crippen molar-refractivity contribution in [3.63, 3.8) is 0 Å². The maximum absolute atomic E-state index is 12.8. The van der Waals surface area contributed by atoms with E-state index in [1.54, 1.807) is 12.1 Å². The summed E-state index contributed by atoms with van der Waals surface area (Å²) in [7, 11) is 0. The monoisotopic (exact) mass is 306 g/mol. The summed E-state index contributed by atoms with van der Waals surface area (Å²) in [6.07, 6.45) is 0.982. The molecule has 0 spiro atoms. The molecule has 0 bridgehead atoms. The van der Waals surface area contributed by atoms with Gasteiger partial charge in [-0.3, -0.25) is 4.79 Å². The molecular formula is C17H16ClFO2. The van der Waals surface area contributed by atoms with E-state index in [0.717, 1.165) is 11.3 Å². The van der Waals surface area contributed by atoms with E-state index in [1.807, 2.05) is 13.0 Å². The summed E-state index contributed by atoms with van der Waals surface area (Å²) >= 11 is 5.94. The van der Waals surface area contributed by atoms with Gasteiger partial charge in [0.2, 0.25) is 0 Å². The molecule has 0 amide bonds. The summed E-state index contributed by atoms with van der Waals surface area (Å²) in [5, 5.41) is 0.703. The fourth-order valence-electron chi connectivity index (χ4n) is 1.91. The molecule has 0 saturated carbocycles. The molecule has 0 fully saturated rings. The third-order valence-electron chi connectivity index (χ3n) is 3.11. The maximum Gasteiger partial charge on any atom is 0.163 e. The van der Waals surface area contributed by atoms with Crippen molar-refractivity contribution in [3.8, 4) is 5.75 Å². The second-order valence-corrected chi connectivity index (χ2v) is 5.20. The van der Waals surface area contributed by atoms with Crippen molar-refractivity contribution in [1.29, 1.82) is 0 Å². The molecule has 110 valence electrons. The zero-order chi connectivity index (χ0) is 15.2. The van der Waals surface area contributed by atoms with Gasteiger partial charge in [0.1, 0.15) is 11.6 Å². The lowest BCUT2D eigenvalue weighted by molar-refractivity contribution is 0.0973. The Balaban J connectivity index is 1.77. The second kappa shape index (κ2) is 7.23. The van der Waals surface area contributed by atoms with E-state index in [9.17, 15) is 9.18 Å². The molecule has 2 rings (SSSR count). The van der Waals surface area contributed by atoms with Crippen molar-refractivity contribution in [3.05, 3.63) is 64.4 Å². The number of halogens is 2. The van der Waals surface area contributed by atoms with Crippen LogP contribution in [-0.4, -0.2) is 12.4 Å². The molecule has 0 radical (unpaired) electrons. The molecule has 4 heteroatoms. The van der Waals surface area contributed by atoms with Crippen LogP contribution >= 0.6 is 11.6 Å². The molecule has 2 nitrogen and oxygen atoms in total. The van der Waals surface area contributed by atoms with Gasteiger partial charge in [0.05, 0.1) is 6.61 Å². The summed E-state index contributed by atoms with van der Waals surface area (Å²) < 4.78 is 18.3. The van der Waals surface area contributed by atoms with Gasteiger partial charge in [-0.2, -0.15) is 0 Å². The Labute approximate surface area is 128 Å². The van der Waals surface area contributed by atoms with Crippen molar-refractivity contribution in [1.82, 2.24) is 0 Å². The zero-order valence-electron chi connectivity index (χ0n) is 11.7. The summed E-state index contributed by atoms with van der Waals surface area (Å²) in [5.74, 6) is 0.394. The highest BCUT2D eigenvalue weighted by Gasteiger charge is 2.06. The molecule has 0 aliphatic carbocycles. The van der Waals surface area contributed by atoms with Crippen LogP contribution in [0.1, 0.15) is 28.8 Å². The topological polar surface area (TPSA) is 26.3 Å². The molecule has 0 N–H and O–H groups in total. The molecule has 0 heterocycles. The predicted octanol–water partition coefficient (Wildman–Crippen LogP) is 4.83. The van der Waals surface area contributed by atoms with Crippen molar-refractivity contribution in [2.45, 2.75) is 19.8 Å². The number of Topliss-reactive ketones (excluding diaryl/α,β-unsaturated/α-hetero) is 1. The molecule has 21 heavy (non-hydrogen) atoms. The van der Waals surface area contributed by atoms with Crippen molar-refractivity contribution < 1.29 is 13.9 Å². The smallest absolute Gasteiger partial charge is 0.163 e. The summed E-state index contributed by atoms with van der Waals surface area (Å²) in [5.41, 5.74) is 1.48. The minimum absolute atomic E-state index is 0.00844. The van der Waals surface area contributed by atoms with E-state index in [1.165, 1.54) is 24.3 Å². The first kappa shape index (κ1) is 15.5. The fourth-order valence-corrected chi connectivity index (χ4v) is 2.03. The number of ketones is 1. The van der Waals surface area contributed by atoms with Crippen molar-refractivity contribution in [2.75, 3.05) is 6.61 Å². The fraction of sp³-hybridized carbons (Fsp3) is 0.235. The Bertz CT molecular complexity index is 623. The average molecular weight is 307 g/mol. The van der Waals surface area contributed by atoms with Crippen LogP contribution in [0, 0.1) is 12.7 Å². The lowest BCUT2D eigenvalue weighted by Crippen LogP contribution is -2.04. The van der Waals surface area contributed by atoms with Crippen LogP contribution in [0.25, 0.3) is 0 Å². The minimum Gasteiger partial charge on any atom is -0.494 e. The molecule has 2 aromatic carbocycles. The Morgan fingerprint density at radius 1 is 1.19 bits per heavy atom. The largest absolute Gasteiger partial charge is 0.494 e. The van der Waals surface area contributed by atoms with Crippen LogP contribution in [0.3, 0.4) is 0 Å². The van der Waals surface area contributed by atoms with E-state index in [2.05, 4.69) is 0 Å². The summed E-state index contributed by atoms with van der Waals surface area (Å²) in [6.45, 7) is 2.36. The zero-order valence-corrected chi connectivity index (χ0v) is 12.5. The lowest BCUT2D eigenvalue weighted by Gasteiger charge is -2.07. The maximum atomic E-state index is 12.8. The molecule has 0 aliphatic heterocycles. The first-order valence-corrected chi connectivity index (χ1v) is 7.12. The van der Waals surface area contributed by atoms with Crippen LogP contribution < -0.4 is 4.74 Å². The van der Waals surface area contributed by atoms with Gasteiger partial charge in [-0.1, -0.05) is 11.6 Å². The van der Waals surface area contributed by atoms with Gasteiger partial charge >= 0.3 is 0 Å². The van der Waals surface area contributed by atoms with Gasteiger partial charge in [-0.25, -0.2) is 4.39 Å². The second-order valence-electron chi connectivity index (χ2n) is 4.79. The SMILES string of the molecule is Cc1cc(OCCCC(=O)c2ccc(F)cc2)ccc1Cl. The predicted molar refractivity (Wildman–Crippen MR) is 81.6 cm³/mol. The van der Waals surface area contributed by atoms with Gasteiger partial charge in [0.15, 0.2) is 5.78 Å². The minimum atomic E-state index is -0.340. The van der Waals surface area contributed by atoms with Crippen LogP contribution in [0.5, 0.6) is 5.75 Å². The average Bonchev–Trinajstić information content (AvgIpc) is 2.47. The number of aryl methyl sites for hydroxylation is 1. The molecule has 0 atom stereocenters. The third-order valence-corrected chi connectivity index (χ3v) is 3.54.